The van der Waals surface area contributed by atoms with Gasteiger partial charge in [0.1, 0.15) is 29.0 Å². The Morgan fingerprint density at radius 2 is 1.85 bits per heavy atom. The van der Waals surface area contributed by atoms with Crippen molar-refractivity contribution in [3.8, 4) is 11.5 Å². The molecule has 1 aliphatic rings. The number of thioether (sulfide) groups is 1. The summed E-state index contributed by atoms with van der Waals surface area (Å²) in [6, 6.07) is 12.3. The Hall–Kier alpha value is -2.91. The normalized spacial score (nSPS) is 15.7. The number of nitro benzene ring substituents is 1. The minimum atomic E-state index is -0.482. The minimum Gasteiger partial charge on any atom is -0.490 e. The largest absolute Gasteiger partial charge is 0.490 e. The first-order valence-electron chi connectivity index (χ1n) is 10.7. The molecule has 0 radical (unpaired) electrons. The molecule has 1 atom stereocenters. The van der Waals surface area contributed by atoms with Crippen LogP contribution in [-0.4, -0.2) is 39.8 Å². The summed E-state index contributed by atoms with van der Waals surface area (Å²) in [5.74, 6) is 1.46. The molecule has 0 N–H and O–H groups in total. The van der Waals surface area contributed by atoms with Crippen molar-refractivity contribution in [1.29, 1.82) is 0 Å². The summed E-state index contributed by atoms with van der Waals surface area (Å²) in [5, 5.41) is 11.2. The third kappa shape index (κ3) is 6.11. The van der Waals surface area contributed by atoms with Crippen molar-refractivity contribution < 1.29 is 19.2 Å². The highest BCUT2D eigenvalue weighted by molar-refractivity contribution is 8.26. The van der Waals surface area contributed by atoms with Crippen LogP contribution in [0.2, 0.25) is 0 Å². The van der Waals surface area contributed by atoms with E-state index in [1.54, 1.807) is 6.08 Å². The summed E-state index contributed by atoms with van der Waals surface area (Å²) in [4.78, 5) is 25.2. The monoisotopic (exact) mass is 486 g/mol. The fraction of sp³-hybridized carbons (Fsp3) is 0.333. The second kappa shape index (κ2) is 11.3. The summed E-state index contributed by atoms with van der Waals surface area (Å²) < 4.78 is 12.1. The minimum absolute atomic E-state index is 0.0859. The molecule has 3 rings (SSSR count). The van der Waals surface area contributed by atoms with Crippen LogP contribution in [0.5, 0.6) is 11.5 Å². The number of thiocarbonyl (C=S) groups is 1. The van der Waals surface area contributed by atoms with Gasteiger partial charge < -0.3 is 9.47 Å². The van der Waals surface area contributed by atoms with E-state index in [9.17, 15) is 14.9 Å². The molecule has 0 bridgehead atoms. The summed E-state index contributed by atoms with van der Waals surface area (Å²) in [5.41, 5.74) is 1.63. The van der Waals surface area contributed by atoms with Crippen molar-refractivity contribution in [3.05, 3.63) is 68.6 Å². The second-order valence-electron chi connectivity index (χ2n) is 7.48. The predicted octanol–water partition coefficient (Wildman–Crippen LogP) is 5.79. The number of nitrogens with zero attached hydrogens (tertiary/aromatic N) is 2. The van der Waals surface area contributed by atoms with Crippen molar-refractivity contribution in [3.63, 3.8) is 0 Å². The van der Waals surface area contributed by atoms with E-state index in [1.165, 1.54) is 40.4 Å². The molecular weight excluding hydrogens is 460 g/mol. The van der Waals surface area contributed by atoms with Crippen LogP contribution in [0.3, 0.4) is 0 Å². The van der Waals surface area contributed by atoms with E-state index in [-0.39, 0.29) is 18.2 Å². The zero-order chi connectivity index (χ0) is 24.0. The third-order valence-corrected chi connectivity index (χ3v) is 6.73. The smallest absolute Gasteiger partial charge is 0.270 e. The summed E-state index contributed by atoms with van der Waals surface area (Å²) >= 11 is 6.42. The summed E-state index contributed by atoms with van der Waals surface area (Å²) in [6.07, 6.45) is 2.67. The van der Waals surface area contributed by atoms with Crippen molar-refractivity contribution in [2.75, 3.05) is 19.8 Å². The zero-order valence-corrected chi connectivity index (χ0v) is 20.4. The first kappa shape index (κ1) is 24.7. The Balaban J connectivity index is 1.69. The van der Waals surface area contributed by atoms with Crippen molar-refractivity contribution in [1.82, 2.24) is 4.90 Å². The van der Waals surface area contributed by atoms with Gasteiger partial charge in [-0.05, 0) is 49.1 Å². The fourth-order valence-corrected chi connectivity index (χ4v) is 4.62. The maximum atomic E-state index is 12.5. The fourth-order valence-electron chi connectivity index (χ4n) is 3.25. The number of hydrogen-bond acceptors (Lipinski definition) is 7. The van der Waals surface area contributed by atoms with Gasteiger partial charge in [0.25, 0.3) is 11.6 Å². The van der Waals surface area contributed by atoms with Gasteiger partial charge in [-0.3, -0.25) is 19.8 Å². The molecule has 1 heterocycles. The highest BCUT2D eigenvalue weighted by atomic mass is 32.2. The lowest BCUT2D eigenvalue weighted by Crippen LogP contribution is -2.27. The van der Waals surface area contributed by atoms with Crippen LogP contribution in [0.15, 0.2) is 47.4 Å². The Morgan fingerprint density at radius 3 is 2.45 bits per heavy atom. The molecule has 1 amide bonds. The number of non-ortho nitro benzene ring substituents is 1. The topological polar surface area (TPSA) is 81.9 Å². The Morgan fingerprint density at radius 1 is 1.15 bits per heavy atom. The number of amides is 1. The van der Waals surface area contributed by atoms with E-state index in [0.717, 1.165) is 12.2 Å². The van der Waals surface area contributed by atoms with E-state index in [2.05, 4.69) is 26.0 Å². The molecule has 0 aliphatic carbocycles. The number of carbonyl (C=O) groups excluding carboxylic acids is 1. The Labute approximate surface area is 202 Å². The molecule has 1 fully saturated rings. The number of ether oxygens (including phenoxy) is 2. The molecule has 0 aromatic heterocycles. The summed E-state index contributed by atoms with van der Waals surface area (Å²) in [6.45, 7) is 7.19. The number of hydrogen-bond donors (Lipinski definition) is 0. The van der Waals surface area contributed by atoms with E-state index in [4.69, 9.17) is 21.7 Å². The molecule has 1 saturated heterocycles. The zero-order valence-electron chi connectivity index (χ0n) is 18.8. The van der Waals surface area contributed by atoms with Gasteiger partial charge in [0.05, 0.1) is 9.83 Å². The number of rotatable bonds is 10. The highest BCUT2D eigenvalue weighted by Gasteiger charge is 2.31. The van der Waals surface area contributed by atoms with Gasteiger partial charge >= 0.3 is 0 Å². The standard InChI is InChI=1S/C24H26N2O5S2/c1-4-16(3)17-6-9-20(10-7-17)30-12-13-31-21-11-8-19(26(28)29)14-18(21)15-22-23(27)25(5-2)24(32)33-22/h6-11,14-16H,4-5,12-13H2,1-3H3/b22-15-/t16-/m1/s1. The van der Waals surface area contributed by atoms with Crippen LogP contribution in [0.4, 0.5) is 5.69 Å². The average molecular weight is 487 g/mol. The molecule has 174 valence electrons. The number of nitro groups is 1. The summed E-state index contributed by atoms with van der Waals surface area (Å²) in [7, 11) is 0. The van der Waals surface area contributed by atoms with Gasteiger partial charge in [0.15, 0.2) is 0 Å². The van der Waals surface area contributed by atoms with Crippen molar-refractivity contribution in [2.24, 2.45) is 0 Å². The van der Waals surface area contributed by atoms with E-state index in [0.29, 0.717) is 39.6 Å². The maximum absolute atomic E-state index is 12.5. The van der Waals surface area contributed by atoms with Gasteiger partial charge in [-0.15, -0.1) is 0 Å². The van der Waals surface area contributed by atoms with Crippen LogP contribution in [-0.2, 0) is 4.79 Å². The molecule has 7 nitrogen and oxygen atoms in total. The van der Waals surface area contributed by atoms with Crippen LogP contribution in [0.1, 0.15) is 44.2 Å². The number of likely N-dealkylation sites (N-methyl/N-ethyl adjacent to an activating group) is 1. The molecule has 9 heteroatoms. The lowest BCUT2D eigenvalue weighted by molar-refractivity contribution is -0.384. The van der Waals surface area contributed by atoms with E-state index >= 15 is 0 Å². The highest BCUT2D eigenvalue weighted by Crippen LogP contribution is 2.35. The van der Waals surface area contributed by atoms with Gasteiger partial charge in [-0.1, -0.05) is 50.0 Å². The van der Waals surface area contributed by atoms with Crippen molar-refractivity contribution in [2.45, 2.75) is 33.1 Å². The van der Waals surface area contributed by atoms with Gasteiger partial charge in [0, 0.05) is 24.2 Å². The lowest BCUT2D eigenvalue weighted by atomic mass is 9.99. The van der Waals surface area contributed by atoms with Crippen LogP contribution in [0.25, 0.3) is 6.08 Å². The third-order valence-electron chi connectivity index (χ3n) is 5.35. The predicted molar refractivity (Wildman–Crippen MR) is 135 cm³/mol. The maximum Gasteiger partial charge on any atom is 0.270 e. The van der Waals surface area contributed by atoms with Gasteiger partial charge in [0.2, 0.25) is 0 Å². The molecule has 2 aromatic rings. The lowest BCUT2D eigenvalue weighted by Gasteiger charge is -2.12. The van der Waals surface area contributed by atoms with Crippen molar-refractivity contribution >= 4 is 46.0 Å². The molecular formula is C24H26N2O5S2. The Kier molecular flexibility index (Phi) is 8.46. The van der Waals surface area contributed by atoms with Crippen LogP contribution in [0, 0.1) is 10.1 Å². The van der Waals surface area contributed by atoms with Crippen LogP contribution < -0.4 is 9.47 Å². The molecule has 0 spiro atoms. The SMILES string of the molecule is CC[C@@H](C)c1ccc(OCCOc2ccc([N+](=O)[O-])cc2/C=C2\SC(=S)N(CC)C2=O)cc1. The molecule has 2 aromatic carbocycles. The van der Waals surface area contributed by atoms with E-state index < -0.39 is 4.92 Å². The number of benzene rings is 2. The molecule has 1 aliphatic heterocycles. The van der Waals surface area contributed by atoms with Gasteiger partial charge in [-0.2, -0.15) is 0 Å². The quantitative estimate of drug-likeness (QED) is 0.138. The average Bonchev–Trinajstić information content (AvgIpc) is 3.09. The second-order valence-corrected chi connectivity index (χ2v) is 9.16. The first-order chi connectivity index (χ1) is 15.8. The molecule has 0 saturated carbocycles. The Bertz CT molecular complexity index is 1070. The van der Waals surface area contributed by atoms with E-state index in [1.807, 2.05) is 19.1 Å². The van der Waals surface area contributed by atoms with Gasteiger partial charge in [-0.25, -0.2) is 0 Å². The van der Waals surface area contributed by atoms with Crippen LogP contribution >= 0.6 is 24.0 Å². The molecule has 33 heavy (non-hydrogen) atoms. The molecule has 0 unspecified atom stereocenters. The first-order valence-corrected chi connectivity index (χ1v) is 12.0. The number of carbonyl (C=O) groups is 1.